The van der Waals surface area contributed by atoms with E-state index in [0.717, 1.165) is 6.42 Å². The fourth-order valence-electron chi connectivity index (χ4n) is 1.77. The van der Waals surface area contributed by atoms with Gasteiger partial charge in [-0.25, -0.2) is 0 Å². The van der Waals surface area contributed by atoms with Crippen molar-refractivity contribution in [1.82, 2.24) is 0 Å². The van der Waals surface area contributed by atoms with Crippen LogP contribution in [0.5, 0.6) is 5.75 Å². The fourth-order valence-corrected chi connectivity index (χ4v) is 1.77. The van der Waals surface area contributed by atoms with Crippen LogP contribution in [0.3, 0.4) is 0 Å². The summed E-state index contributed by atoms with van der Waals surface area (Å²) < 4.78 is 9.95. The van der Waals surface area contributed by atoms with Gasteiger partial charge in [0.1, 0.15) is 5.75 Å². The third kappa shape index (κ3) is 3.71. The van der Waals surface area contributed by atoms with E-state index in [1.165, 1.54) is 0 Å². The number of carbonyl (C=O) groups excluding carboxylic acids is 2. The first-order valence-corrected chi connectivity index (χ1v) is 6.20. The van der Waals surface area contributed by atoms with Crippen molar-refractivity contribution in [1.29, 1.82) is 0 Å². The molecule has 2 atom stereocenters. The molecule has 0 radical (unpaired) electrons. The molecule has 0 unspecified atom stereocenters. The maximum absolute atomic E-state index is 11.6. The molecule has 1 saturated carbocycles. The molecule has 0 aromatic heterocycles. The molecule has 1 aromatic carbocycles. The zero-order valence-electron chi connectivity index (χ0n) is 11.0. The van der Waals surface area contributed by atoms with Gasteiger partial charge < -0.3 is 14.8 Å². The third-order valence-electron chi connectivity index (χ3n) is 3.13. The van der Waals surface area contributed by atoms with Crippen LogP contribution in [0.15, 0.2) is 24.3 Å². The highest BCUT2D eigenvalue weighted by atomic mass is 16.5. The molecule has 0 heterocycles. The third-order valence-corrected chi connectivity index (χ3v) is 3.13. The van der Waals surface area contributed by atoms with Gasteiger partial charge in [-0.2, -0.15) is 0 Å². The van der Waals surface area contributed by atoms with Gasteiger partial charge in [0.15, 0.2) is 6.61 Å². The molecule has 1 amide bonds. The van der Waals surface area contributed by atoms with Gasteiger partial charge in [-0.05, 0) is 36.6 Å². The van der Waals surface area contributed by atoms with E-state index in [1.807, 2.05) is 6.92 Å². The minimum absolute atomic E-state index is 0.0196. The summed E-state index contributed by atoms with van der Waals surface area (Å²) >= 11 is 0. The summed E-state index contributed by atoms with van der Waals surface area (Å²) in [6.45, 7) is 1.75. The first-order chi connectivity index (χ1) is 9.10. The lowest BCUT2D eigenvalue weighted by Gasteiger charge is -2.07. The number of ether oxygens (including phenoxy) is 2. The summed E-state index contributed by atoms with van der Waals surface area (Å²) in [7, 11) is 1.58. The van der Waals surface area contributed by atoms with Crippen molar-refractivity contribution in [3.63, 3.8) is 0 Å². The van der Waals surface area contributed by atoms with E-state index in [4.69, 9.17) is 9.47 Å². The molecule has 0 spiro atoms. The highest BCUT2D eigenvalue weighted by molar-refractivity contribution is 5.93. The Labute approximate surface area is 111 Å². The second kappa shape index (κ2) is 5.73. The number of nitrogens with one attached hydrogen (secondary N) is 1. The van der Waals surface area contributed by atoms with Gasteiger partial charge in [0.05, 0.1) is 13.0 Å². The van der Waals surface area contributed by atoms with E-state index in [0.29, 0.717) is 17.4 Å². The second-order valence-corrected chi connectivity index (χ2v) is 4.70. The summed E-state index contributed by atoms with van der Waals surface area (Å²) in [6, 6.07) is 6.93. The van der Waals surface area contributed by atoms with Crippen molar-refractivity contribution >= 4 is 17.6 Å². The standard InChI is InChI=1S/C14H17NO4/c1-9-7-12(9)14(17)19-8-13(16)15-10-3-5-11(18-2)6-4-10/h3-6,9,12H,7-8H2,1-2H3,(H,15,16)/t9-,12-/m0/s1. The molecule has 1 fully saturated rings. The van der Waals surface area contributed by atoms with Crippen molar-refractivity contribution in [3.05, 3.63) is 24.3 Å². The van der Waals surface area contributed by atoms with Gasteiger partial charge in [-0.15, -0.1) is 0 Å². The highest BCUT2D eigenvalue weighted by Gasteiger charge is 2.40. The quantitative estimate of drug-likeness (QED) is 0.823. The average molecular weight is 263 g/mol. The molecule has 5 heteroatoms. The van der Waals surface area contributed by atoms with Gasteiger partial charge in [0.25, 0.3) is 5.91 Å². The summed E-state index contributed by atoms with van der Waals surface area (Å²) in [5.74, 6) is 0.460. The Morgan fingerprint density at radius 2 is 1.95 bits per heavy atom. The molecule has 1 N–H and O–H groups in total. The number of carbonyl (C=O) groups is 2. The minimum atomic E-state index is -0.341. The van der Waals surface area contributed by atoms with Crippen molar-refractivity contribution in [2.24, 2.45) is 11.8 Å². The van der Waals surface area contributed by atoms with Crippen molar-refractivity contribution < 1.29 is 19.1 Å². The SMILES string of the molecule is COc1ccc(NC(=O)COC(=O)[C@H]2C[C@@H]2C)cc1. The van der Waals surface area contributed by atoms with Crippen LogP contribution in [0.4, 0.5) is 5.69 Å². The van der Waals surface area contributed by atoms with Crippen molar-refractivity contribution in [3.8, 4) is 5.75 Å². The van der Waals surface area contributed by atoms with Gasteiger partial charge in [0.2, 0.25) is 0 Å². The van der Waals surface area contributed by atoms with E-state index < -0.39 is 0 Å². The Morgan fingerprint density at radius 1 is 1.32 bits per heavy atom. The molecule has 1 aliphatic rings. The average Bonchev–Trinajstić information content (AvgIpc) is 3.14. The lowest BCUT2D eigenvalue weighted by Crippen LogP contribution is -2.21. The Balaban J connectivity index is 1.75. The smallest absolute Gasteiger partial charge is 0.309 e. The van der Waals surface area contributed by atoms with E-state index in [1.54, 1.807) is 31.4 Å². The van der Waals surface area contributed by atoms with Gasteiger partial charge in [0, 0.05) is 5.69 Å². The molecule has 2 rings (SSSR count). The number of rotatable bonds is 5. The number of benzene rings is 1. The van der Waals surface area contributed by atoms with Crippen LogP contribution in [0, 0.1) is 11.8 Å². The molecular weight excluding hydrogens is 246 g/mol. The van der Waals surface area contributed by atoms with E-state index >= 15 is 0 Å². The Hall–Kier alpha value is -2.04. The molecule has 0 saturated heterocycles. The minimum Gasteiger partial charge on any atom is -0.497 e. The lowest BCUT2D eigenvalue weighted by molar-refractivity contribution is -0.148. The summed E-state index contributed by atoms with van der Waals surface area (Å²) in [5, 5.41) is 2.65. The number of amides is 1. The number of esters is 1. The topological polar surface area (TPSA) is 64.6 Å². The zero-order chi connectivity index (χ0) is 13.8. The molecule has 5 nitrogen and oxygen atoms in total. The number of methoxy groups -OCH3 is 1. The van der Waals surface area contributed by atoms with Crippen LogP contribution in [-0.4, -0.2) is 25.6 Å². The number of hydrogen-bond donors (Lipinski definition) is 1. The summed E-state index contributed by atoms with van der Waals surface area (Å²) in [4.78, 5) is 23.0. The molecule has 0 bridgehead atoms. The van der Waals surface area contributed by atoms with Crippen LogP contribution < -0.4 is 10.1 Å². The first-order valence-electron chi connectivity index (χ1n) is 6.20. The van der Waals surface area contributed by atoms with Gasteiger partial charge in [-0.1, -0.05) is 6.92 Å². The van der Waals surface area contributed by atoms with Crippen molar-refractivity contribution in [2.45, 2.75) is 13.3 Å². The Morgan fingerprint density at radius 3 is 2.47 bits per heavy atom. The maximum atomic E-state index is 11.6. The van der Waals surface area contributed by atoms with Crippen LogP contribution >= 0.6 is 0 Å². The van der Waals surface area contributed by atoms with E-state index in [9.17, 15) is 9.59 Å². The van der Waals surface area contributed by atoms with Crippen molar-refractivity contribution in [2.75, 3.05) is 19.0 Å². The number of anilines is 1. The summed E-state index contributed by atoms with van der Waals surface area (Å²) in [5.41, 5.74) is 0.640. The monoisotopic (exact) mass is 263 g/mol. The van der Waals surface area contributed by atoms with E-state index in [-0.39, 0.29) is 24.4 Å². The van der Waals surface area contributed by atoms with Crippen LogP contribution in [0.25, 0.3) is 0 Å². The normalized spacial score (nSPS) is 20.5. The first kappa shape index (κ1) is 13.4. The predicted octanol–water partition coefficient (Wildman–Crippen LogP) is 1.83. The molecular formula is C14H17NO4. The molecule has 1 aromatic rings. The largest absolute Gasteiger partial charge is 0.497 e. The zero-order valence-corrected chi connectivity index (χ0v) is 11.0. The van der Waals surface area contributed by atoms with Crippen LogP contribution in [0.1, 0.15) is 13.3 Å². The van der Waals surface area contributed by atoms with Gasteiger partial charge in [-0.3, -0.25) is 9.59 Å². The predicted molar refractivity (Wildman–Crippen MR) is 69.9 cm³/mol. The highest BCUT2D eigenvalue weighted by Crippen LogP contribution is 2.38. The molecule has 1 aliphatic carbocycles. The van der Waals surface area contributed by atoms with Crippen LogP contribution in [-0.2, 0) is 14.3 Å². The Kier molecular flexibility index (Phi) is 4.04. The van der Waals surface area contributed by atoms with Crippen LogP contribution in [0.2, 0.25) is 0 Å². The lowest BCUT2D eigenvalue weighted by atomic mass is 10.3. The maximum Gasteiger partial charge on any atom is 0.309 e. The molecule has 0 aliphatic heterocycles. The summed E-state index contributed by atoms with van der Waals surface area (Å²) in [6.07, 6.45) is 0.860. The van der Waals surface area contributed by atoms with E-state index in [2.05, 4.69) is 5.32 Å². The van der Waals surface area contributed by atoms with Gasteiger partial charge >= 0.3 is 5.97 Å². The molecule has 19 heavy (non-hydrogen) atoms. The molecule has 102 valence electrons. The fraction of sp³-hybridized carbons (Fsp3) is 0.429. The number of hydrogen-bond acceptors (Lipinski definition) is 4. The second-order valence-electron chi connectivity index (χ2n) is 4.70. The Bertz CT molecular complexity index is 469.